The van der Waals surface area contributed by atoms with E-state index in [1.165, 1.54) is 21.4 Å². The molecule has 2 aromatic carbocycles. The standard InChI is InChI=1S/C32H48N4O7S/c1-22(2)19-35(44(40,41)25-14-15-28-29(17-25)43-23(3)42-28)20-27(37)26(16-24-12-10-9-11-13-24)36(31(39)18-32(4,5)6)33-30(38)21-34(7)8/h9-15,17,22-23,26-27,37H,16,18-21H2,1-8H3,(H,33,38)/t23?,26-,27+/m0/s1. The van der Waals surface area contributed by atoms with Gasteiger partial charge in [0.25, 0.3) is 5.91 Å². The van der Waals surface area contributed by atoms with E-state index in [-0.39, 0.29) is 49.2 Å². The number of aliphatic hydroxyl groups excluding tert-OH is 1. The highest BCUT2D eigenvalue weighted by Gasteiger charge is 2.37. The van der Waals surface area contributed by atoms with Crippen molar-refractivity contribution in [3.05, 3.63) is 54.1 Å². The van der Waals surface area contributed by atoms with Crippen LogP contribution in [0, 0.1) is 11.3 Å². The Labute approximate surface area is 262 Å². The van der Waals surface area contributed by atoms with Gasteiger partial charge in [-0.15, -0.1) is 0 Å². The molecule has 0 aromatic heterocycles. The highest BCUT2D eigenvalue weighted by Crippen LogP contribution is 2.37. The lowest BCUT2D eigenvalue weighted by Crippen LogP contribution is -2.60. The van der Waals surface area contributed by atoms with Crippen molar-refractivity contribution < 1.29 is 32.6 Å². The van der Waals surface area contributed by atoms with Crippen molar-refractivity contribution in [3.8, 4) is 11.5 Å². The number of amides is 2. The number of hydrogen-bond acceptors (Lipinski definition) is 8. The average Bonchev–Trinajstić information content (AvgIpc) is 3.28. The first-order valence-corrected chi connectivity index (χ1v) is 16.4. The summed E-state index contributed by atoms with van der Waals surface area (Å²) in [6, 6.07) is 12.8. The third-order valence-electron chi connectivity index (χ3n) is 6.82. The first kappa shape index (κ1) is 35.3. The van der Waals surface area contributed by atoms with Crippen molar-refractivity contribution in [2.75, 3.05) is 33.7 Å². The minimum atomic E-state index is -4.11. The molecule has 1 aliphatic rings. The van der Waals surface area contributed by atoms with Gasteiger partial charge in [-0.2, -0.15) is 4.31 Å². The number of rotatable bonds is 13. The zero-order chi connectivity index (χ0) is 32.8. The summed E-state index contributed by atoms with van der Waals surface area (Å²) in [5, 5.41) is 13.1. The molecule has 2 N–H and O–H groups in total. The van der Waals surface area contributed by atoms with Crippen molar-refractivity contribution in [2.24, 2.45) is 11.3 Å². The Hall–Kier alpha value is -3.19. The van der Waals surface area contributed by atoms with E-state index in [9.17, 15) is 23.1 Å². The van der Waals surface area contributed by atoms with Crippen molar-refractivity contribution in [1.29, 1.82) is 0 Å². The van der Waals surface area contributed by atoms with Gasteiger partial charge >= 0.3 is 0 Å². The molecule has 1 heterocycles. The van der Waals surface area contributed by atoms with E-state index in [1.54, 1.807) is 32.0 Å². The number of likely N-dealkylation sites (N-methyl/N-ethyl adjacent to an activating group) is 1. The molecule has 0 bridgehead atoms. The summed E-state index contributed by atoms with van der Waals surface area (Å²) < 4.78 is 40.4. The summed E-state index contributed by atoms with van der Waals surface area (Å²) in [6.45, 7) is 11.0. The predicted octanol–water partition coefficient (Wildman–Crippen LogP) is 3.28. The second kappa shape index (κ2) is 14.7. The number of carbonyl (C=O) groups excluding carboxylic acids is 2. The highest BCUT2D eigenvalue weighted by molar-refractivity contribution is 7.89. The maximum Gasteiger partial charge on any atom is 0.252 e. The summed E-state index contributed by atoms with van der Waals surface area (Å²) in [7, 11) is -0.633. The SMILES string of the molecule is CC(C)CN(C[C@@H](O)[C@H](Cc1ccccc1)N(NC(=O)CN(C)C)C(=O)CC(C)(C)C)S(=O)(=O)c1ccc2c(c1)OC(C)O2. The van der Waals surface area contributed by atoms with Crippen LogP contribution in [0.3, 0.4) is 0 Å². The van der Waals surface area contributed by atoms with Gasteiger partial charge in [0.1, 0.15) is 0 Å². The van der Waals surface area contributed by atoms with E-state index >= 15 is 0 Å². The average molecular weight is 633 g/mol. The fourth-order valence-corrected chi connectivity index (χ4v) is 6.60. The number of sulfonamides is 1. The van der Waals surface area contributed by atoms with Crippen LogP contribution >= 0.6 is 0 Å². The van der Waals surface area contributed by atoms with Gasteiger partial charge in [-0.25, -0.2) is 13.4 Å². The molecule has 0 saturated carbocycles. The number of benzene rings is 2. The molecule has 0 aliphatic carbocycles. The smallest absolute Gasteiger partial charge is 0.252 e. The Bertz CT molecular complexity index is 1380. The summed E-state index contributed by atoms with van der Waals surface area (Å²) in [4.78, 5) is 28.4. The topological polar surface area (TPSA) is 129 Å². The molecule has 0 spiro atoms. The molecule has 0 saturated heterocycles. The van der Waals surface area contributed by atoms with Gasteiger partial charge in [-0.1, -0.05) is 65.0 Å². The number of hydrazine groups is 1. The Morgan fingerprint density at radius 2 is 1.64 bits per heavy atom. The Morgan fingerprint density at radius 1 is 1.00 bits per heavy atom. The third-order valence-corrected chi connectivity index (χ3v) is 8.64. The lowest BCUT2D eigenvalue weighted by molar-refractivity contribution is -0.149. The number of ether oxygens (including phenoxy) is 2. The fourth-order valence-electron chi connectivity index (χ4n) is 4.96. The number of hydrogen-bond donors (Lipinski definition) is 2. The molecule has 12 heteroatoms. The van der Waals surface area contributed by atoms with Crippen molar-refractivity contribution in [3.63, 3.8) is 0 Å². The number of nitrogens with zero attached hydrogens (tertiary/aromatic N) is 3. The first-order chi connectivity index (χ1) is 20.5. The van der Waals surface area contributed by atoms with Gasteiger partial charge in [-0.05, 0) is 49.5 Å². The zero-order valence-electron chi connectivity index (χ0n) is 27.1. The number of carbonyl (C=O) groups is 2. The molecule has 3 rings (SSSR count). The quantitative estimate of drug-likeness (QED) is 0.322. The van der Waals surface area contributed by atoms with Gasteiger partial charge in [0.15, 0.2) is 11.5 Å². The van der Waals surface area contributed by atoms with E-state index < -0.39 is 39.8 Å². The molecular formula is C32H48N4O7S. The Kier molecular flexibility index (Phi) is 11.8. The molecule has 2 aromatic rings. The van der Waals surface area contributed by atoms with Crippen LogP contribution in [0.2, 0.25) is 0 Å². The molecule has 1 unspecified atom stereocenters. The number of fused-ring (bicyclic) bond motifs is 1. The van der Waals surface area contributed by atoms with Crippen LogP contribution in [0.5, 0.6) is 11.5 Å². The second-order valence-electron chi connectivity index (χ2n) is 13.2. The summed E-state index contributed by atoms with van der Waals surface area (Å²) in [5.74, 6) is -0.0991. The van der Waals surface area contributed by atoms with Gasteiger partial charge in [0.2, 0.25) is 22.2 Å². The van der Waals surface area contributed by atoms with Crippen LogP contribution < -0.4 is 14.9 Å². The van der Waals surface area contributed by atoms with E-state index in [0.717, 1.165) is 5.56 Å². The third kappa shape index (κ3) is 9.91. The molecular weight excluding hydrogens is 584 g/mol. The lowest BCUT2D eigenvalue weighted by Gasteiger charge is -2.38. The molecule has 1 aliphatic heterocycles. The van der Waals surface area contributed by atoms with E-state index in [2.05, 4.69) is 5.43 Å². The summed E-state index contributed by atoms with van der Waals surface area (Å²) in [5.41, 5.74) is 3.14. The molecule has 2 amide bonds. The van der Waals surface area contributed by atoms with E-state index in [0.29, 0.717) is 11.5 Å². The minimum absolute atomic E-state index is 0.00126. The number of nitrogens with one attached hydrogen (secondary N) is 1. The number of aliphatic hydroxyl groups is 1. The van der Waals surface area contributed by atoms with Gasteiger partial charge in [0, 0.05) is 32.5 Å². The highest BCUT2D eigenvalue weighted by atomic mass is 32.2. The van der Waals surface area contributed by atoms with Crippen molar-refractivity contribution >= 4 is 21.8 Å². The van der Waals surface area contributed by atoms with Crippen LogP contribution in [0.25, 0.3) is 0 Å². The lowest BCUT2D eigenvalue weighted by atomic mass is 9.91. The van der Waals surface area contributed by atoms with Crippen LogP contribution in [-0.4, -0.2) is 91.7 Å². The van der Waals surface area contributed by atoms with Gasteiger partial charge in [0.05, 0.1) is 23.6 Å². The maximum absolute atomic E-state index is 14.0. The minimum Gasteiger partial charge on any atom is -0.451 e. The van der Waals surface area contributed by atoms with Crippen LogP contribution in [0.1, 0.15) is 53.5 Å². The summed E-state index contributed by atoms with van der Waals surface area (Å²) >= 11 is 0. The largest absolute Gasteiger partial charge is 0.451 e. The molecule has 44 heavy (non-hydrogen) atoms. The van der Waals surface area contributed by atoms with E-state index in [4.69, 9.17) is 9.47 Å². The van der Waals surface area contributed by atoms with Crippen molar-refractivity contribution in [1.82, 2.24) is 19.6 Å². The second-order valence-corrected chi connectivity index (χ2v) is 15.2. The fraction of sp³-hybridized carbons (Fsp3) is 0.562. The molecule has 0 fully saturated rings. The summed E-state index contributed by atoms with van der Waals surface area (Å²) in [6.07, 6.45) is -1.62. The van der Waals surface area contributed by atoms with E-state index in [1.807, 2.05) is 65.0 Å². The molecule has 244 valence electrons. The Balaban J connectivity index is 2.02. The Morgan fingerprint density at radius 3 is 2.23 bits per heavy atom. The van der Waals surface area contributed by atoms with Gasteiger partial charge < -0.3 is 19.5 Å². The van der Waals surface area contributed by atoms with Crippen LogP contribution in [0.4, 0.5) is 0 Å². The first-order valence-electron chi connectivity index (χ1n) is 14.9. The van der Waals surface area contributed by atoms with Crippen molar-refractivity contribution in [2.45, 2.75) is 77.7 Å². The molecule has 11 nitrogen and oxygen atoms in total. The zero-order valence-corrected chi connectivity index (χ0v) is 27.9. The van der Waals surface area contributed by atoms with Gasteiger partial charge in [-0.3, -0.25) is 15.0 Å². The predicted molar refractivity (Wildman–Crippen MR) is 168 cm³/mol. The molecule has 3 atom stereocenters. The maximum atomic E-state index is 14.0. The molecule has 0 radical (unpaired) electrons. The monoisotopic (exact) mass is 632 g/mol. The van der Waals surface area contributed by atoms with Crippen LogP contribution in [-0.2, 0) is 26.0 Å². The van der Waals surface area contributed by atoms with Crippen LogP contribution in [0.15, 0.2) is 53.4 Å². The normalized spacial score (nSPS) is 16.3.